The summed E-state index contributed by atoms with van der Waals surface area (Å²) >= 11 is 6.07. The van der Waals surface area contributed by atoms with Gasteiger partial charge in [0.15, 0.2) is 0 Å². The van der Waals surface area contributed by atoms with Gasteiger partial charge in [-0.2, -0.15) is 0 Å². The summed E-state index contributed by atoms with van der Waals surface area (Å²) in [6.07, 6.45) is -0.00256. The molecule has 0 aromatic heterocycles. The molecule has 2 fully saturated rings. The zero-order valence-corrected chi connectivity index (χ0v) is 18.5. The van der Waals surface area contributed by atoms with Gasteiger partial charge in [0.05, 0.1) is 23.2 Å². The average Bonchev–Trinajstić information content (AvgIpc) is 3.16. The van der Waals surface area contributed by atoms with E-state index >= 15 is 0 Å². The predicted molar refractivity (Wildman–Crippen MR) is 120 cm³/mol. The van der Waals surface area contributed by atoms with E-state index in [-0.39, 0.29) is 42.9 Å². The lowest BCUT2D eigenvalue weighted by Gasteiger charge is -2.35. The highest BCUT2D eigenvalue weighted by Gasteiger charge is 2.38. The minimum atomic E-state index is -0.776. The fourth-order valence-corrected chi connectivity index (χ4v) is 4.34. The van der Waals surface area contributed by atoms with Gasteiger partial charge in [-0.05, 0) is 24.3 Å². The molecule has 0 bridgehead atoms. The van der Waals surface area contributed by atoms with Crippen molar-refractivity contribution in [1.82, 2.24) is 9.80 Å². The number of halogens is 3. The number of nitrogens with zero attached hydrogens (tertiary/aromatic N) is 3. The molecule has 2 saturated heterocycles. The number of hydrogen-bond acceptors (Lipinski definition) is 4. The van der Waals surface area contributed by atoms with E-state index in [1.165, 1.54) is 4.90 Å². The lowest BCUT2D eigenvalue weighted by Crippen LogP contribution is -2.52. The van der Waals surface area contributed by atoms with Crippen molar-refractivity contribution in [2.24, 2.45) is 5.92 Å². The molecule has 1 unspecified atom stereocenters. The van der Waals surface area contributed by atoms with Crippen LogP contribution < -0.4 is 10.2 Å². The van der Waals surface area contributed by atoms with Crippen LogP contribution in [-0.4, -0.2) is 66.8 Å². The SMILES string of the molecule is O=C(CN1CCN(C(=O)C2CC(=O)N(c3cc(F)cc(F)c3)C2)CC1)Nc1ccccc1Cl. The Morgan fingerprint density at radius 3 is 2.36 bits per heavy atom. The maximum absolute atomic E-state index is 13.5. The third-order valence-corrected chi connectivity index (χ3v) is 6.16. The van der Waals surface area contributed by atoms with Crippen LogP contribution >= 0.6 is 11.6 Å². The molecule has 2 aromatic rings. The Balaban J connectivity index is 1.28. The van der Waals surface area contributed by atoms with Gasteiger partial charge in [-0.15, -0.1) is 0 Å². The van der Waals surface area contributed by atoms with E-state index in [4.69, 9.17) is 11.6 Å². The molecule has 7 nitrogen and oxygen atoms in total. The zero-order valence-electron chi connectivity index (χ0n) is 17.8. The number of anilines is 2. The maximum Gasteiger partial charge on any atom is 0.238 e. The fourth-order valence-electron chi connectivity index (χ4n) is 4.16. The number of carbonyl (C=O) groups is 3. The van der Waals surface area contributed by atoms with Crippen molar-refractivity contribution in [3.8, 4) is 0 Å². The minimum Gasteiger partial charge on any atom is -0.340 e. The van der Waals surface area contributed by atoms with Crippen LogP contribution in [0.15, 0.2) is 42.5 Å². The summed E-state index contributed by atoms with van der Waals surface area (Å²) in [6.45, 7) is 2.15. The Labute approximate surface area is 194 Å². The first-order valence-electron chi connectivity index (χ1n) is 10.6. The van der Waals surface area contributed by atoms with Crippen LogP contribution in [0.2, 0.25) is 5.02 Å². The fraction of sp³-hybridized carbons (Fsp3) is 0.348. The highest BCUT2D eigenvalue weighted by molar-refractivity contribution is 6.33. The molecule has 4 rings (SSSR count). The predicted octanol–water partition coefficient (Wildman–Crippen LogP) is 2.75. The van der Waals surface area contributed by atoms with Gasteiger partial charge in [-0.25, -0.2) is 8.78 Å². The second-order valence-corrected chi connectivity index (χ2v) is 8.57. The zero-order chi connectivity index (χ0) is 23.5. The van der Waals surface area contributed by atoms with E-state index in [0.29, 0.717) is 36.9 Å². The van der Waals surface area contributed by atoms with Crippen molar-refractivity contribution >= 4 is 40.7 Å². The number of piperazine rings is 1. The van der Waals surface area contributed by atoms with Crippen molar-refractivity contribution in [3.63, 3.8) is 0 Å². The Kier molecular flexibility index (Phi) is 6.90. The minimum absolute atomic E-state index is 0.00256. The van der Waals surface area contributed by atoms with Gasteiger partial charge in [0, 0.05) is 50.9 Å². The molecule has 1 atom stereocenters. The summed E-state index contributed by atoms with van der Waals surface area (Å²) in [4.78, 5) is 42.5. The topological polar surface area (TPSA) is 73.0 Å². The molecular formula is C23H23ClF2N4O3. The molecule has 174 valence electrons. The average molecular weight is 477 g/mol. The second-order valence-electron chi connectivity index (χ2n) is 8.16. The largest absolute Gasteiger partial charge is 0.340 e. The summed E-state index contributed by atoms with van der Waals surface area (Å²) in [5.74, 6) is -2.82. The number of nitrogens with one attached hydrogen (secondary N) is 1. The summed E-state index contributed by atoms with van der Waals surface area (Å²) in [7, 11) is 0. The second kappa shape index (κ2) is 9.84. The summed E-state index contributed by atoms with van der Waals surface area (Å²) in [5.41, 5.74) is 0.661. The van der Waals surface area contributed by atoms with Crippen molar-refractivity contribution in [2.75, 3.05) is 49.5 Å². The first kappa shape index (κ1) is 23.1. The van der Waals surface area contributed by atoms with Crippen molar-refractivity contribution < 1.29 is 23.2 Å². The van der Waals surface area contributed by atoms with Gasteiger partial charge in [0.1, 0.15) is 11.6 Å². The molecule has 0 spiro atoms. The number of carbonyl (C=O) groups excluding carboxylic acids is 3. The number of amides is 3. The van der Waals surface area contributed by atoms with Crippen molar-refractivity contribution in [1.29, 1.82) is 0 Å². The molecule has 0 aliphatic carbocycles. The van der Waals surface area contributed by atoms with E-state index in [0.717, 1.165) is 18.2 Å². The molecule has 2 aliphatic heterocycles. The number of rotatable bonds is 5. The van der Waals surface area contributed by atoms with Crippen LogP contribution in [-0.2, 0) is 14.4 Å². The lowest BCUT2D eigenvalue weighted by molar-refractivity contribution is -0.137. The molecule has 0 saturated carbocycles. The molecule has 2 heterocycles. The van der Waals surface area contributed by atoms with E-state index in [9.17, 15) is 23.2 Å². The Morgan fingerprint density at radius 2 is 1.70 bits per heavy atom. The smallest absolute Gasteiger partial charge is 0.238 e. The van der Waals surface area contributed by atoms with Crippen LogP contribution in [0.5, 0.6) is 0 Å². The first-order valence-corrected chi connectivity index (χ1v) is 11.0. The van der Waals surface area contributed by atoms with Crippen LogP contribution in [0, 0.1) is 17.6 Å². The summed E-state index contributed by atoms with van der Waals surface area (Å²) in [6, 6.07) is 9.89. The van der Waals surface area contributed by atoms with Crippen LogP contribution in [0.1, 0.15) is 6.42 Å². The van der Waals surface area contributed by atoms with Crippen LogP contribution in [0.3, 0.4) is 0 Å². The van der Waals surface area contributed by atoms with E-state index in [1.807, 2.05) is 4.90 Å². The molecule has 33 heavy (non-hydrogen) atoms. The third-order valence-electron chi connectivity index (χ3n) is 5.83. The molecule has 2 aliphatic rings. The van der Waals surface area contributed by atoms with Gasteiger partial charge in [-0.1, -0.05) is 23.7 Å². The third kappa shape index (κ3) is 5.48. The van der Waals surface area contributed by atoms with E-state index < -0.39 is 17.6 Å². The highest BCUT2D eigenvalue weighted by atomic mass is 35.5. The molecule has 2 aromatic carbocycles. The van der Waals surface area contributed by atoms with E-state index in [1.54, 1.807) is 29.2 Å². The molecular weight excluding hydrogens is 454 g/mol. The van der Waals surface area contributed by atoms with Gasteiger partial charge >= 0.3 is 0 Å². The van der Waals surface area contributed by atoms with Gasteiger partial charge in [-0.3, -0.25) is 19.3 Å². The molecule has 10 heteroatoms. The lowest BCUT2D eigenvalue weighted by atomic mass is 10.1. The van der Waals surface area contributed by atoms with Crippen molar-refractivity contribution in [3.05, 3.63) is 59.1 Å². The first-order chi connectivity index (χ1) is 15.8. The van der Waals surface area contributed by atoms with Gasteiger partial charge < -0.3 is 15.1 Å². The maximum atomic E-state index is 13.5. The van der Waals surface area contributed by atoms with Gasteiger partial charge in [0.25, 0.3) is 0 Å². The van der Waals surface area contributed by atoms with E-state index in [2.05, 4.69) is 5.32 Å². The standard InChI is InChI=1S/C23H23ClF2N4O3/c24-19-3-1-2-4-20(19)27-21(31)14-28-5-7-29(8-6-28)23(33)15-9-22(32)30(13-15)18-11-16(25)10-17(26)12-18/h1-4,10-12,15H,5-9,13-14H2,(H,27,31). The Morgan fingerprint density at radius 1 is 1.03 bits per heavy atom. The molecule has 1 N–H and O–H groups in total. The van der Waals surface area contributed by atoms with Crippen LogP contribution in [0.4, 0.5) is 20.2 Å². The van der Waals surface area contributed by atoms with Crippen LogP contribution in [0.25, 0.3) is 0 Å². The molecule has 0 radical (unpaired) electrons. The Hall–Kier alpha value is -3.04. The normalized spacial score (nSPS) is 19.1. The monoisotopic (exact) mass is 476 g/mol. The Bertz CT molecular complexity index is 1060. The number of benzene rings is 2. The highest BCUT2D eigenvalue weighted by Crippen LogP contribution is 2.28. The number of para-hydroxylation sites is 1. The summed E-state index contributed by atoms with van der Waals surface area (Å²) in [5, 5.41) is 3.24. The number of hydrogen-bond donors (Lipinski definition) is 1. The summed E-state index contributed by atoms with van der Waals surface area (Å²) < 4.78 is 27.1. The van der Waals surface area contributed by atoms with Gasteiger partial charge in [0.2, 0.25) is 17.7 Å². The van der Waals surface area contributed by atoms with Crippen molar-refractivity contribution in [2.45, 2.75) is 6.42 Å². The molecule has 3 amide bonds. The quantitative estimate of drug-likeness (QED) is 0.720.